The number of pyridine rings is 1. The van der Waals surface area contributed by atoms with Crippen molar-refractivity contribution in [2.45, 2.75) is 44.8 Å². The van der Waals surface area contributed by atoms with Crippen molar-refractivity contribution < 1.29 is 5.11 Å². The van der Waals surface area contributed by atoms with Gasteiger partial charge in [0.05, 0.1) is 22.8 Å². The van der Waals surface area contributed by atoms with Crippen LogP contribution in [0.25, 0.3) is 27.5 Å². The number of rotatable bonds is 3. The summed E-state index contributed by atoms with van der Waals surface area (Å²) >= 11 is 0. The van der Waals surface area contributed by atoms with Crippen molar-refractivity contribution in [1.82, 2.24) is 19.4 Å². The minimum atomic E-state index is -0.942. The molecule has 0 saturated heterocycles. The van der Waals surface area contributed by atoms with Crippen LogP contribution in [0.15, 0.2) is 53.5 Å². The van der Waals surface area contributed by atoms with Crippen LogP contribution in [0.4, 0.5) is 0 Å². The molecule has 1 aliphatic rings. The Hall–Kier alpha value is -2.99. The number of fused-ring (bicyclic) bond motifs is 3. The molecule has 0 amide bonds. The third-order valence-corrected chi connectivity index (χ3v) is 5.71. The van der Waals surface area contributed by atoms with Gasteiger partial charge in [-0.15, -0.1) is 0 Å². The van der Waals surface area contributed by atoms with Gasteiger partial charge in [-0.25, -0.2) is 9.20 Å². The van der Waals surface area contributed by atoms with Crippen LogP contribution in [-0.2, 0) is 5.60 Å². The number of hydrogen-bond acceptors (Lipinski definition) is 4. The number of aromatic nitrogens is 4. The predicted octanol–water partition coefficient (Wildman–Crippen LogP) is 3.66. The van der Waals surface area contributed by atoms with Crippen molar-refractivity contribution in [2.75, 3.05) is 0 Å². The highest BCUT2D eigenvalue weighted by Gasteiger charge is 2.42. The maximum Gasteiger partial charge on any atom is 0.267 e. The number of benzene rings is 1. The number of hydrogen-bond donors (Lipinski definition) is 1. The molecule has 1 saturated carbocycles. The molecule has 6 heteroatoms. The van der Waals surface area contributed by atoms with Gasteiger partial charge in [0, 0.05) is 17.6 Å². The highest BCUT2D eigenvalue weighted by atomic mass is 16.3. The van der Waals surface area contributed by atoms with Crippen molar-refractivity contribution in [3.8, 4) is 11.3 Å². The van der Waals surface area contributed by atoms with Crippen LogP contribution in [0.3, 0.4) is 0 Å². The van der Waals surface area contributed by atoms with Crippen LogP contribution in [0, 0.1) is 0 Å². The van der Waals surface area contributed by atoms with Gasteiger partial charge < -0.3 is 5.11 Å². The molecule has 1 aromatic carbocycles. The van der Waals surface area contributed by atoms with Crippen LogP contribution in [-0.4, -0.2) is 24.5 Å². The van der Waals surface area contributed by atoms with Gasteiger partial charge in [-0.2, -0.15) is 10.2 Å². The van der Waals surface area contributed by atoms with Gasteiger partial charge in [0.25, 0.3) is 5.56 Å². The normalized spacial score (nSPS) is 16.0. The molecular formula is C22H22N4O2. The average Bonchev–Trinajstić information content (AvgIpc) is 3.06. The van der Waals surface area contributed by atoms with E-state index in [1.807, 2.05) is 42.8 Å². The standard InChI is InChI=1S/C22H22N4O2/c1-14(2)26-18(27)9-8-17(23-26)19-20-16-7-4-3-6-15(16)10-13-25(20)24-21(19)22(28)11-5-12-22/h3-4,6-10,13-14,28H,5,11-12H2,1-2H3. The molecule has 0 radical (unpaired) electrons. The summed E-state index contributed by atoms with van der Waals surface area (Å²) in [5.74, 6) is 0. The molecule has 3 aromatic heterocycles. The van der Waals surface area contributed by atoms with Crippen molar-refractivity contribution >= 4 is 16.3 Å². The van der Waals surface area contributed by atoms with Crippen LogP contribution >= 0.6 is 0 Å². The summed E-state index contributed by atoms with van der Waals surface area (Å²) in [5, 5.41) is 22.7. The van der Waals surface area contributed by atoms with E-state index in [0.29, 0.717) is 24.2 Å². The summed E-state index contributed by atoms with van der Waals surface area (Å²) in [5.41, 5.74) is 1.96. The Bertz CT molecular complexity index is 1260. The lowest BCUT2D eigenvalue weighted by molar-refractivity contribution is -0.0423. The molecule has 1 fully saturated rings. The van der Waals surface area contributed by atoms with Gasteiger partial charge in [-0.1, -0.05) is 24.3 Å². The van der Waals surface area contributed by atoms with E-state index in [1.165, 1.54) is 4.68 Å². The lowest BCUT2D eigenvalue weighted by Crippen LogP contribution is -2.35. The number of aliphatic hydroxyl groups is 1. The molecule has 1 N–H and O–H groups in total. The second-order valence-corrected chi connectivity index (χ2v) is 7.90. The third-order valence-electron chi connectivity index (χ3n) is 5.71. The lowest BCUT2D eigenvalue weighted by Gasteiger charge is -2.35. The number of nitrogens with zero attached hydrogens (tertiary/aromatic N) is 4. The minimum Gasteiger partial charge on any atom is -0.383 e. The summed E-state index contributed by atoms with van der Waals surface area (Å²) in [6.45, 7) is 3.87. The topological polar surface area (TPSA) is 72.4 Å². The summed E-state index contributed by atoms with van der Waals surface area (Å²) in [6, 6.07) is 13.4. The molecular weight excluding hydrogens is 352 g/mol. The zero-order chi connectivity index (χ0) is 19.5. The highest BCUT2D eigenvalue weighted by molar-refractivity contribution is 6.03. The van der Waals surface area contributed by atoms with Gasteiger partial charge in [-0.3, -0.25) is 4.79 Å². The Labute approximate surface area is 162 Å². The van der Waals surface area contributed by atoms with E-state index in [2.05, 4.69) is 17.2 Å². The molecule has 4 aromatic rings. The van der Waals surface area contributed by atoms with Crippen molar-refractivity contribution in [1.29, 1.82) is 0 Å². The Morgan fingerprint density at radius 2 is 1.86 bits per heavy atom. The Morgan fingerprint density at radius 1 is 1.07 bits per heavy atom. The molecule has 5 rings (SSSR count). The Kier molecular flexibility index (Phi) is 3.67. The van der Waals surface area contributed by atoms with E-state index in [4.69, 9.17) is 5.10 Å². The van der Waals surface area contributed by atoms with Crippen LogP contribution in [0.1, 0.15) is 44.8 Å². The van der Waals surface area contributed by atoms with Gasteiger partial charge in [0.1, 0.15) is 11.3 Å². The van der Waals surface area contributed by atoms with Crippen LogP contribution in [0.5, 0.6) is 0 Å². The molecule has 1 aliphatic carbocycles. The smallest absolute Gasteiger partial charge is 0.267 e. The van der Waals surface area contributed by atoms with E-state index >= 15 is 0 Å². The van der Waals surface area contributed by atoms with E-state index < -0.39 is 5.60 Å². The first-order chi connectivity index (χ1) is 13.5. The molecule has 0 spiro atoms. The fourth-order valence-corrected chi connectivity index (χ4v) is 4.05. The average molecular weight is 374 g/mol. The SMILES string of the molecule is CC(C)n1nc(-c2c(C3(O)CCC3)nn3ccc4ccccc4c23)ccc1=O. The van der Waals surface area contributed by atoms with E-state index in [1.54, 1.807) is 12.1 Å². The monoisotopic (exact) mass is 374 g/mol. The van der Waals surface area contributed by atoms with E-state index in [9.17, 15) is 9.90 Å². The third kappa shape index (κ3) is 2.41. The summed E-state index contributed by atoms with van der Waals surface area (Å²) < 4.78 is 3.31. The first kappa shape index (κ1) is 17.1. The summed E-state index contributed by atoms with van der Waals surface area (Å²) in [7, 11) is 0. The predicted molar refractivity (Wildman–Crippen MR) is 108 cm³/mol. The lowest BCUT2D eigenvalue weighted by atomic mass is 9.76. The second-order valence-electron chi connectivity index (χ2n) is 7.90. The molecule has 28 heavy (non-hydrogen) atoms. The van der Waals surface area contributed by atoms with E-state index in [0.717, 1.165) is 28.3 Å². The first-order valence-electron chi connectivity index (χ1n) is 9.71. The fourth-order valence-electron chi connectivity index (χ4n) is 4.05. The fraction of sp³-hybridized carbons (Fsp3) is 0.318. The molecule has 142 valence electrons. The molecule has 3 heterocycles. The van der Waals surface area contributed by atoms with Crippen molar-refractivity contribution in [3.63, 3.8) is 0 Å². The Morgan fingerprint density at radius 3 is 2.57 bits per heavy atom. The Balaban J connectivity index is 1.90. The largest absolute Gasteiger partial charge is 0.383 e. The van der Waals surface area contributed by atoms with Gasteiger partial charge in [-0.05, 0) is 50.6 Å². The molecule has 6 nitrogen and oxygen atoms in total. The molecule has 0 unspecified atom stereocenters. The van der Waals surface area contributed by atoms with Crippen LogP contribution in [0.2, 0.25) is 0 Å². The molecule has 0 atom stereocenters. The second kappa shape index (κ2) is 6.01. The quantitative estimate of drug-likeness (QED) is 0.594. The van der Waals surface area contributed by atoms with Gasteiger partial charge >= 0.3 is 0 Å². The van der Waals surface area contributed by atoms with Gasteiger partial charge in [0.15, 0.2) is 0 Å². The summed E-state index contributed by atoms with van der Waals surface area (Å²) in [4.78, 5) is 12.2. The molecule has 0 bridgehead atoms. The highest BCUT2D eigenvalue weighted by Crippen LogP contribution is 2.46. The molecule has 0 aliphatic heterocycles. The summed E-state index contributed by atoms with van der Waals surface area (Å²) in [6.07, 6.45) is 4.27. The maximum absolute atomic E-state index is 12.2. The minimum absolute atomic E-state index is 0.0544. The first-order valence-corrected chi connectivity index (χ1v) is 9.71. The van der Waals surface area contributed by atoms with Crippen molar-refractivity contribution in [2.24, 2.45) is 0 Å². The van der Waals surface area contributed by atoms with Gasteiger partial charge in [0.2, 0.25) is 0 Å². The van der Waals surface area contributed by atoms with Crippen molar-refractivity contribution in [3.05, 3.63) is 64.7 Å². The van der Waals surface area contributed by atoms with E-state index in [-0.39, 0.29) is 11.6 Å². The zero-order valence-electron chi connectivity index (χ0n) is 16.0. The zero-order valence-corrected chi connectivity index (χ0v) is 16.0. The maximum atomic E-state index is 12.2. The van der Waals surface area contributed by atoms with Crippen LogP contribution < -0.4 is 5.56 Å².